The Balaban J connectivity index is 1.74. The summed E-state index contributed by atoms with van der Waals surface area (Å²) in [6, 6.07) is 15.9. The number of rotatable bonds is 7. The van der Waals surface area contributed by atoms with E-state index in [1.165, 1.54) is 0 Å². The number of aryl methyl sites for hydroxylation is 1. The molecule has 0 radical (unpaired) electrons. The zero-order valence-corrected chi connectivity index (χ0v) is 14.9. The molecule has 2 aromatic rings. The molecule has 0 aliphatic carbocycles. The Bertz CT molecular complexity index is 775. The molecule has 26 heavy (non-hydrogen) atoms. The average Bonchev–Trinajstić information content (AvgIpc) is 2.60. The van der Waals surface area contributed by atoms with E-state index >= 15 is 0 Å². The SMILES string of the molecule is Cc1cccc(CC(=O)N[C@@H](C)C(=O)NCC(=O)Nc2ccccc2)c1. The molecule has 6 heteroatoms. The number of nitrogens with one attached hydrogen (secondary N) is 3. The third kappa shape index (κ3) is 6.39. The van der Waals surface area contributed by atoms with Gasteiger partial charge in [-0.1, -0.05) is 48.0 Å². The molecule has 1 atom stereocenters. The summed E-state index contributed by atoms with van der Waals surface area (Å²) in [7, 11) is 0. The summed E-state index contributed by atoms with van der Waals surface area (Å²) >= 11 is 0. The molecule has 0 bridgehead atoms. The van der Waals surface area contributed by atoms with Gasteiger partial charge in [0.2, 0.25) is 17.7 Å². The van der Waals surface area contributed by atoms with E-state index in [-0.39, 0.29) is 24.8 Å². The minimum Gasteiger partial charge on any atom is -0.345 e. The second kappa shape index (κ2) is 9.36. The lowest BCUT2D eigenvalue weighted by Gasteiger charge is -2.14. The van der Waals surface area contributed by atoms with E-state index in [1.54, 1.807) is 31.2 Å². The lowest BCUT2D eigenvalue weighted by Crippen LogP contribution is -2.47. The van der Waals surface area contributed by atoms with E-state index in [4.69, 9.17) is 0 Å². The first-order valence-corrected chi connectivity index (χ1v) is 8.41. The molecule has 2 aromatic carbocycles. The van der Waals surface area contributed by atoms with E-state index in [0.29, 0.717) is 5.69 Å². The van der Waals surface area contributed by atoms with Crippen LogP contribution in [0, 0.1) is 6.92 Å². The Hall–Kier alpha value is -3.15. The Morgan fingerprint density at radius 3 is 2.38 bits per heavy atom. The number of hydrogen-bond donors (Lipinski definition) is 3. The predicted molar refractivity (Wildman–Crippen MR) is 101 cm³/mol. The monoisotopic (exact) mass is 353 g/mol. The van der Waals surface area contributed by atoms with E-state index in [9.17, 15) is 14.4 Å². The smallest absolute Gasteiger partial charge is 0.243 e. The summed E-state index contributed by atoms with van der Waals surface area (Å²) in [4.78, 5) is 35.9. The first-order valence-electron chi connectivity index (χ1n) is 8.41. The maximum Gasteiger partial charge on any atom is 0.243 e. The second-order valence-electron chi connectivity index (χ2n) is 6.09. The highest BCUT2D eigenvalue weighted by molar-refractivity contribution is 5.96. The fourth-order valence-electron chi connectivity index (χ4n) is 2.41. The quantitative estimate of drug-likeness (QED) is 0.709. The standard InChI is InChI=1S/C20H23N3O3/c1-14-7-6-8-16(11-14)12-18(24)22-15(2)20(26)21-13-19(25)23-17-9-4-3-5-10-17/h3-11,15H,12-13H2,1-2H3,(H,21,26)(H,22,24)(H,23,25)/t15-/m0/s1. The second-order valence-corrected chi connectivity index (χ2v) is 6.09. The highest BCUT2D eigenvalue weighted by Crippen LogP contribution is 2.05. The first-order chi connectivity index (χ1) is 12.4. The fraction of sp³-hybridized carbons (Fsp3) is 0.250. The largest absolute Gasteiger partial charge is 0.345 e. The molecule has 0 fully saturated rings. The number of carbonyl (C=O) groups excluding carboxylic acids is 3. The number of para-hydroxylation sites is 1. The number of anilines is 1. The summed E-state index contributed by atoms with van der Waals surface area (Å²) in [6.45, 7) is 3.38. The van der Waals surface area contributed by atoms with Gasteiger partial charge in [-0.25, -0.2) is 0 Å². The van der Waals surface area contributed by atoms with Crippen LogP contribution in [-0.2, 0) is 20.8 Å². The summed E-state index contributed by atoms with van der Waals surface area (Å²) in [5, 5.41) is 7.83. The van der Waals surface area contributed by atoms with Gasteiger partial charge in [0.1, 0.15) is 6.04 Å². The van der Waals surface area contributed by atoms with Crippen molar-refractivity contribution in [2.24, 2.45) is 0 Å². The van der Waals surface area contributed by atoms with E-state index < -0.39 is 11.9 Å². The van der Waals surface area contributed by atoms with Crippen molar-refractivity contribution in [1.29, 1.82) is 0 Å². The summed E-state index contributed by atoms with van der Waals surface area (Å²) in [6.07, 6.45) is 0.202. The molecule has 6 nitrogen and oxygen atoms in total. The van der Waals surface area contributed by atoms with Gasteiger partial charge >= 0.3 is 0 Å². The van der Waals surface area contributed by atoms with Crippen LogP contribution in [0.1, 0.15) is 18.1 Å². The summed E-state index contributed by atoms with van der Waals surface area (Å²) < 4.78 is 0. The van der Waals surface area contributed by atoms with E-state index in [0.717, 1.165) is 11.1 Å². The van der Waals surface area contributed by atoms with Crippen molar-refractivity contribution in [3.8, 4) is 0 Å². The normalized spacial score (nSPS) is 11.3. The molecule has 0 aliphatic heterocycles. The van der Waals surface area contributed by atoms with Crippen LogP contribution in [0.5, 0.6) is 0 Å². The molecule has 0 aromatic heterocycles. The Morgan fingerprint density at radius 2 is 1.69 bits per heavy atom. The molecule has 3 N–H and O–H groups in total. The summed E-state index contributed by atoms with van der Waals surface area (Å²) in [5.41, 5.74) is 2.62. The lowest BCUT2D eigenvalue weighted by atomic mass is 10.1. The molecule has 0 unspecified atom stereocenters. The van der Waals surface area contributed by atoms with Crippen molar-refractivity contribution < 1.29 is 14.4 Å². The van der Waals surface area contributed by atoms with Gasteiger partial charge in [0.25, 0.3) is 0 Å². The first kappa shape index (κ1) is 19.2. The molecular weight excluding hydrogens is 330 g/mol. The van der Waals surface area contributed by atoms with Crippen LogP contribution in [0.2, 0.25) is 0 Å². The number of hydrogen-bond acceptors (Lipinski definition) is 3. The zero-order valence-electron chi connectivity index (χ0n) is 14.9. The molecular formula is C20H23N3O3. The van der Waals surface area contributed by atoms with Crippen LogP contribution in [0.4, 0.5) is 5.69 Å². The Kier molecular flexibility index (Phi) is 6.91. The van der Waals surface area contributed by atoms with Gasteiger partial charge < -0.3 is 16.0 Å². The van der Waals surface area contributed by atoms with Gasteiger partial charge in [0.05, 0.1) is 13.0 Å². The van der Waals surface area contributed by atoms with Crippen LogP contribution >= 0.6 is 0 Å². The van der Waals surface area contributed by atoms with Crippen molar-refractivity contribution in [2.75, 3.05) is 11.9 Å². The van der Waals surface area contributed by atoms with Gasteiger partial charge in [0.15, 0.2) is 0 Å². The van der Waals surface area contributed by atoms with Crippen molar-refractivity contribution in [2.45, 2.75) is 26.3 Å². The molecule has 0 aliphatic rings. The summed E-state index contributed by atoms with van der Waals surface area (Å²) in [5.74, 6) is -0.986. The molecule has 0 saturated carbocycles. The number of carbonyl (C=O) groups is 3. The Morgan fingerprint density at radius 1 is 0.962 bits per heavy atom. The molecule has 0 spiro atoms. The van der Waals surface area contributed by atoms with Crippen LogP contribution in [0.3, 0.4) is 0 Å². The predicted octanol–water partition coefficient (Wildman–Crippen LogP) is 1.80. The fourth-order valence-corrected chi connectivity index (χ4v) is 2.41. The molecule has 3 amide bonds. The maximum absolute atomic E-state index is 12.0. The Labute approximate surface area is 153 Å². The lowest BCUT2D eigenvalue weighted by molar-refractivity contribution is -0.129. The third-order valence-electron chi connectivity index (χ3n) is 3.70. The van der Waals surface area contributed by atoms with Crippen molar-refractivity contribution >= 4 is 23.4 Å². The number of benzene rings is 2. The topological polar surface area (TPSA) is 87.3 Å². The van der Waals surface area contributed by atoms with Crippen LogP contribution in [0.25, 0.3) is 0 Å². The van der Waals surface area contributed by atoms with Crippen LogP contribution < -0.4 is 16.0 Å². The van der Waals surface area contributed by atoms with Crippen LogP contribution in [0.15, 0.2) is 54.6 Å². The number of amides is 3. The zero-order chi connectivity index (χ0) is 18.9. The highest BCUT2D eigenvalue weighted by Gasteiger charge is 2.16. The molecule has 0 saturated heterocycles. The van der Waals surface area contributed by atoms with E-state index in [1.807, 2.05) is 37.3 Å². The minimum atomic E-state index is -0.725. The van der Waals surface area contributed by atoms with Crippen LogP contribution in [-0.4, -0.2) is 30.3 Å². The minimum absolute atomic E-state index is 0.161. The van der Waals surface area contributed by atoms with Gasteiger partial charge in [-0.2, -0.15) is 0 Å². The van der Waals surface area contributed by atoms with E-state index in [2.05, 4.69) is 16.0 Å². The van der Waals surface area contributed by atoms with Crippen molar-refractivity contribution in [1.82, 2.24) is 10.6 Å². The van der Waals surface area contributed by atoms with Gasteiger partial charge in [-0.3, -0.25) is 14.4 Å². The third-order valence-corrected chi connectivity index (χ3v) is 3.70. The van der Waals surface area contributed by atoms with Gasteiger partial charge in [-0.05, 0) is 31.5 Å². The molecule has 136 valence electrons. The van der Waals surface area contributed by atoms with Gasteiger partial charge in [-0.15, -0.1) is 0 Å². The molecule has 2 rings (SSSR count). The van der Waals surface area contributed by atoms with Crippen molar-refractivity contribution in [3.63, 3.8) is 0 Å². The molecule has 0 heterocycles. The maximum atomic E-state index is 12.0. The highest BCUT2D eigenvalue weighted by atomic mass is 16.2. The average molecular weight is 353 g/mol. The van der Waals surface area contributed by atoms with Crippen molar-refractivity contribution in [3.05, 3.63) is 65.7 Å². The van der Waals surface area contributed by atoms with Gasteiger partial charge in [0, 0.05) is 5.69 Å².